The SMILES string of the molecule is CN(CC1CCN(Cc2ccncc2)CC1)C(=O)C(C)(C)C. The Morgan fingerprint density at radius 1 is 1.27 bits per heavy atom. The van der Waals surface area contributed by atoms with Crippen LogP contribution in [0.1, 0.15) is 39.2 Å². The van der Waals surface area contributed by atoms with E-state index in [2.05, 4.69) is 22.0 Å². The van der Waals surface area contributed by atoms with E-state index in [0.717, 1.165) is 26.2 Å². The molecule has 22 heavy (non-hydrogen) atoms. The van der Waals surface area contributed by atoms with E-state index in [1.807, 2.05) is 45.1 Å². The lowest BCUT2D eigenvalue weighted by molar-refractivity contribution is -0.138. The highest BCUT2D eigenvalue weighted by molar-refractivity contribution is 5.81. The molecule has 0 aromatic carbocycles. The minimum Gasteiger partial charge on any atom is -0.345 e. The molecule has 0 spiro atoms. The van der Waals surface area contributed by atoms with Crippen molar-refractivity contribution in [3.05, 3.63) is 30.1 Å². The van der Waals surface area contributed by atoms with Gasteiger partial charge in [-0.1, -0.05) is 20.8 Å². The lowest BCUT2D eigenvalue weighted by Crippen LogP contribution is -2.42. The van der Waals surface area contributed by atoms with E-state index in [9.17, 15) is 4.79 Å². The van der Waals surface area contributed by atoms with Gasteiger partial charge in [0.2, 0.25) is 5.91 Å². The van der Waals surface area contributed by atoms with E-state index >= 15 is 0 Å². The summed E-state index contributed by atoms with van der Waals surface area (Å²) in [6.45, 7) is 10.1. The smallest absolute Gasteiger partial charge is 0.227 e. The second-order valence-corrected chi connectivity index (χ2v) is 7.51. The summed E-state index contributed by atoms with van der Waals surface area (Å²) in [5, 5.41) is 0. The maximum atomic E-state index is 12.3. The lowest BCUT2D eigenvalue weighted by atomic mass is 9.92. The van der Waals surface area contributed by atoms with Gasteiger partial charge in [0.1, 0.15) is 0 Å². The predicted octanol–water partition coefficient (Wildman–Crippen LogP) is 2.80. The van der Waals surface area contributed by atoms with Crippen LogP contribution in [0.2, 0.25) is 0 Å². The number of rotatable bonds is 4. The summed E-state index contributed by atoms with van der Waals surface area (Å²) in [5.41, 5.74) is 1.05. The molecule has 1 aliphatic rings. The first kappa shape index (κ1) is 16.9. The average molecular weight is 303 g/mol. The Morgan fingerprint density at radius 2 is 1.86 bits per heavy atom. The number of nitrogens with zero attached hydrogens (tertiary/aromatic N) is 3. The topological polar surface area (TPSA) is 36.4 Å². The predicted molar refractivity (Wildman–Crippen MR) is 89.3 cm³/mol. The molecule has 4 nitrogen and oxygen atoms in total. The molecule has 0 aliphatic carbocycles. The highest BCUT2D eigenvalue weighted by atomic mass is 16.2. The summed E-state index contributed by atoms with van der Waals surface area (Å²) in [4.78, 5) is 20.7. The molecule has 0 radical (unpaired) electrons. The summed E-state index contributed by atoms with van der Waals surface area (Å²) >= 11 is 0. The van der Waals surface area contributed by atoms with Crippen molar-refractivity contribution in [3.63, 3.8) is 0 Å². The summed E-state index contributed by atoms with van der Waals surface area (Å²) in [7, 11) is 1.94. The fraction of sp³-hybridized carbons (Fsp3) is 0.667. The molecule has 1 aliphatic heterocycles. The molecule has 0 atom stereocenters. The van der Waals surface area contributed by atoms with Crippen LogP contribution < -0.4 is 0 Å². The molecule has 0 unspecified atom stereocenters. The Morgan fingerprint density at radius 3 is 2.41 bits per heavy atom. The molecule has 1 fully saturated rings. The summed E-state index contributed by atoms with van der Waals surface area (Å²) < 4.78 is 0. The molecule has 4 heteroatoms. The number of amides is 1. The zero-order valence-electron chi connectivity index (χ0n) is 14.4. The Hall–Kier alpha value is -1.42. The number of aromatic nitrogens is 1. The maximum Gasteiger partial charge on any atom is 0.227 e. The van der Waals surface area contributed by atoms with Gasteiger partial charge in [0.05, 0.1) is 0 Å². The minimum atomic E-state index is -0.281. The molecule has 0 saturated carbocycles. The average Bonchev–Trinajstić information content (AvgIpc) is 2.48. The fourth-order valence-electron chi connectivity index (χ4n) is 3.12. The van der Waals surface area contributed by atoms with Gasteiger partial charge < -0.3 is 4.90 Å². The third kappa shape index (κ3) is 4.80. The zero-order chi connectivity index (χ0) is 16.2. The summed E-state index contributed by atoms with van der Waals surface area (Å²) in [6.07, 6.45) is 6.06. The zero-order valence-corrected chi connectivity index (χ0v) is 14.4. The van der Waals surface area contributed by atoms with E-state index < -0.39 is 0 Å². The normalized spacial score (nSPS) is 17.5. The quantitative estimate of drug-likeness (QED) is 0.858. The first-order valence-electron chi connectivity index (χ1n) is 8.23. The second kappa shape index (κ2) is 7.23. The number of pyridine rings is 1. The van der Waals surface area contributed by atoms with Crippen molar-refractivity contribution < 1.29 is 4.79 Å². The van der Waals surface area contributed by atoms with Crippen LogP contribution in [0.4, 0.5) is 0 Å². The molecular formula is C18H29N3O. The van der Waals surface area contributed by atoms with E-state index in [1.165, 1.54) is 18.4 Å². The Kier molecular flexibility index (Phi) is 5.57. The van der Waals surface area contributed by atoms with Crippen molar-refractivity contribution in [1.29, 1.82) is 0 Å². The van der Waals surface area contributed by atoms with Crippen LogP contribution in [-0.2, 0) is 11.3 Å². The highest BCUT2D eigenvalue weighted by Gasteiger charge is 2.27. The van der Waals surface area contributed by atoms with Crippen LogP contribution in [0.3, 0.4) is 0 Å². The van der Waals surface area contributed by atoms with Crippen molar-refractivity contribution in [3.8, 4) is 0 Å². The van der Waals surface area contributed by atoms with Gasteiger partial charge in [0.25, 0.3) is 0 Å². The Bertz CT molecular complexity index is 473. The van der Waals surface area contributed by atoms with Gasteiger partial charge >= 0.3 is 0 Å². The van der Waals surface area contributed by atoms with Crippen molar-refractivity contribution in [1.82, 2.24) is 14.8 Å². The van der Waals surface area contributed by atoms with Crippen LogP contribution in [0.5, 0.6) is 0 Å². The van der Waals surface area contributed by atoms with Crippen LogP contribution >= 0.6 is 0 Å². The monoisotopic (exact) mass is 303 g/mol. The van der Waals surface area contributed by atoms with Crippen molar-refractivity contribution in [2.24, 2.45) is 11.3 Å². The van der Waals surface area contributed by atoms with Crippen molar-refractivity contribution >= 4 is 5.91 Å². The first-order valence-corrected chi connectivity index (χ1v) is 8.23. The number of hydrogen-bond acceptors (Lipinski definition) is 3. The van der Waals surface area contributed by atoms with Crippen molar-refractivity contribution in [2.45, 2.75) is 40.2 Å². The van der Waals surface area contributed by atoms with E-state index in [1.54, 1.807) is 0 Å². The first-order chi connectivity index (χ1) is 10.4. The molecule has 122 valence electrons. The second-order valence-electron chi connectivity index (χ2n) is 7.51. The number of hydrogen-bond donors (Lipinski definition) is 0. The molecule has 1 amide bonds. The van der Waals surface area contributed by atoms with Gasteiger partial charge in [-0.2, -0.15) is 0 Å². The van der Waals surface area contributed by atoms with Crippen LogP contribution in [0, 0.1) is 11.3 Å². The summed E-state index contributed by atoms with van der Waals surface area (Å²) in [5.74, 6) is 0.872. The number of carbonyl (C=O) groups excluding carboxylic acids is 1. The van der Waals surface area contributed by atoms with Crippen molar-refractivity contribution in [2.75, 3.05) is 26.7 Å². The van der Waals surface area contributed by atoms with E-state index in [-0.39, 0.29) is 11.3 Å². The molecule has 0 N–H and O–H groups in total. The largest absolute Gasteiger partial charge is 0.345 e. The lowest BCUT2D eigenvalue weighted by Gasteiger charge is -2.35. The van der Waals surface area contributed by atoms with E-state index in [4.69, 9.17) is 0 Å². The summed E-state index contributed by atoms with van der Waals surface area (Å²) in [6, 6.07) is 4.17. The van der Waals surface area contributed by atoms with E-state index in [0.29, 0.717) is 5.92 Å². The third-order valence-corrected chi connectivity index (χ3v) is 4.38. The molecule has 2 rings (SSSR count). The van der Waals surface area contributed by atoms with Gasteiger partial charge in [-0.15, -0.1) is 0 Å². The van der Waals surface area contributed by atoms with Crippen LogP contribution in [0.15, 0.2) is 24.5 Å². The number of piperidine rings is 1. The van der Waals surface area contributed by atoms with Gasteiger partial charge in [-0.3, -0.25) is 14.7 Å². The third-order valence-electron chi connectivity index (χ3n) is 4.38. The van der Waals surface area contributed by atoms with Gasteiger partial charge in [-0.25, -0.2) is 0 Å². The molecular weight excluding hydrogens is 274 g/mol. The fourth-order valence-corrected chi connectivity index (χ4v) is 3.12. The highest BCUT2D eigenvalue weighted by Crippen LogP contribution is 2.22. The molecule has 0 bridgehead atoms. The Balaban J connectivity index is 1.76. The standard InChI is InChI=1S/C18H29N3O/c1-18(2,3)17(22)20(4)13-16-7-11-21(12-8-16)14-15-5-9-19-10-6-15/h5-6,9-10,16H,7-8,11-14H2,1-4H3. The molecule has 1 saturated heterocycles. The maximum absolute atomic E-state index is 12.3. The van der Waals surface area contributed by atoms with Crippen LogP contribution in [-0.4, -0.2) is 47.4 Å². The minimum absolute atomic E-state index is 0.242. The van der Waals surface area contributed by atoms with Gasteiger partial charge in [0, 0.05) is 37.9 Å². The molecule has 2 heterocycles. The van der Waals surface area contributed by atoms with Gasteiger partial charge in [-0.05, 0) is 49.5 Å². The number of likely N-dealkylation sites (tertiary alicyclic amines) is 1. The number of carbonyl (C=O) groups is 1. The molecule has 1 aromatic rings. The molecule has 1 aromatic heterocycles. The van der Waals surface area contributed by atoms with Gasteiger partial charge in [0.15, 0.2) is 0 Å². The Labute approximate surface area is 134 Å². The van der Waals surface area contributed by atoms with Crippen LogP contribution in [0.25, 0.3) is 0 Å².